The third kappa shape index (κ3) is 7.67. The number of methoxy groups -OCH3 is 2. The first-order valence-electron chi connectivity index (χ1n) is 13.3. The molecular weight excluding hydrogens is 601 g/mol. The second-order valence-electron chi connectivity index (χ2n) is 9.55. The molecule has 0 radical (unpaired) electrons. The molecule has 0 aliphatic heterocycles. The minimum absolute atomic E-state index is 0.0276. The van der Waals surface area contributed by atoms with Crippen molar-refractivity contribution in [3.05, 3.63) is 81.8 Å². The Kier molecular flexibility index (Phi) is 11.5. The van der Waals surface area contributed by atoms with Crippen LogP contribution < -0.4 is 19.1 Å². The van der Waals surface area contributed by atoms with Crippen molar-refractivity contribution in [1.82, 2.24) is 10.2 Å². The first-order chi connectivity index (χ1) is 19.9. The van der Waals surface area contributed by atoms with Gasteiger partial charge in [0, 0.05) is 34.8 Å². The average molecular weight is 637 g/mol. The average Bonchev–Trinajstić information content (AvgIpc) is 2.97. The van der Waals surface area contributed by atoms with E-state index in [9.17, 15) is 18.0 Å². The summed E-state index contributed by atoms with van der Waals surface area (Å²) in [5.41, 5.74) is 1.38. The molecular formula is C30H35Cl2N3O6S. The molecule has 0 saturated heterocycles. The van der Waals surface area contributed by atoms with Gasteiger partial charge in [0.2, 0.25) is 11.8 Å². The number of ether oxygens (including phenoxy) is 2. The number of anilines is 1. The van der Waals surface area contributed by atoms with Gasteiger partial charge in [-0.25, -0.2) is 8.42 Å². The minimum Gasteiger partial charge on any atom is -0.497 e. The smallest absolute Gasteiger partial charge is 0.264 e. The Morgan fingerprint density at radius 2 is 1.62 bits per heavy atom. The van der Waals surface area contributed by atoms with Gasteiger partial charge in [-0.1, -0.05) is 53.9 Å². The number of carbonyl (C=O) groups is 2. The molecule has 0 fully saturated rings. The third-order valence-corrected chi connectivity index (χ3v) is 9.13. The second kappa shape index (κ2) is 14.6. The van der Waals surface area contributed by atoms with E-state index >= 15 is 0 Å². The van der Waals surface area contributed by atoms with E-state index < -0.39 is 34.4 Å². The first-order valence-corrected chi connectivity index (χ1v) is 15.5. The van der Waals surface area contributed by atoms with E-state index in [1.54, 1.807) is 49.4 Å². The molecule has 12 heteroatoms. The van der Waals surface area contributed by atoms with Crippen molar-refractivity contribution in [2.24, 2.45) is 0 Å². The van der Waals surface area contributed by atoms with Gasteiger partial charge in [0.15, 0.2) is 0 Å². The molecule has 0 aromatic heterocycles. The van der Waals surface area contributed by atoms with Crippen LogP contribution in [0.3, 0.4) is 0 Å². The van der Waals surface area contributed by atoms with Gasteiger partial charge in [-0.2, -0.15) is 0 Å². The zero-order chi connectivity index (χ0) is 31.0. The van der Waals surface area contributed by atoms with Crippen LogP contribution in [0.25, 0.3) is 0 Å². The maximum Gasteiger partial charge on any atom is 0.264 e. The summed E-state index contributed by atoms with van der Waals surface area (Å²) < 4.78 is 40.0. The molecule has 0 heterocycles. The number of rotatable bonds is 13. The zero-order valence-corrected chi connectivity index (χ0v) is 26.5. The van der Waals surface area contributed by atoms with Crippen LogP contribution in [0.5, 0.6) is 11.5 Å². The van der Waals surface area contributed by atoms with Crippen molar-refractivity contribution in [1.29, 1.82) is 0 Å². The van der Waals surface area contributed by atoms with Crippen molar-refractivity contribution in [3.8, 4) is 11.5 Å². The van der Waals surface area contributed by atoms with Crippen LogP contribution in [0.2, 0.25) is 10.0 Å². The number of aryl methyl sites for hydroxylation is 1. The first kappa shape index (κ1) is 33.0. The van der Waals surface area contributed by atoms with Gasteiger partial charge in [0.05, 0.1) is 24.8 Å². The normalized spacial score (nSPS) is 11.9. The fraction of sp³-hybridized carbons (Fsp3) is 0.333. The Morgan fingerprint density at radius 1 is 0.976 bits per heavy atom. The number of sulfonamides is 1. The molecule has 3 rings (SSSR count). The van der Waals surface area contributed by atoms with Crippen molar-refractivity contribution in [2.75, 3.05) is 31.6 Å². The fourth-order valence-corrected chi connectivity index (χ4v) is 6.11. The Bertz CT molecular complexity index is 1500. The van der Waals surface area contributed by atoms with Gasteiger partial charge < -0.3 is 19.7 Å². The maximum absolute atomic E-state index is 14.1. The van der Waals surface area contributed by atoms with E-state index in [0.717, 1.165) is 9.87 Å². The zero-order valence-electron chi connectivity index (χ0n) is 24.2. The monoisotopic (exact) mass is 635 g/mol. The lowest BCUT2D eigenvalue weighted by atomic mass is 10.1. The van der Waals surface area contributed by atoms with E-state index in [0.29, 0.717) is 34.3 Å². The third-order valence-electron chi connectivity index (χ3n) is 6.65. The molecule has 0 unspecified atom stereocenters. The van der Waals surface area contributed by atoms with Crippen LogP contribution in [0.4, 0.5) is 5.69 Å². The summed E-state index contributed by atoms with van der Waals surface area (Å²) in [4.78, 5) is 28.4. The van der Waals surface area contributed by atoms with Gasteiger partial charge in [-0.15, -0.1) is 0 Å². The molecule has 3 aromatic rings. The second-order valence-corrected chi connectivity index (χ2v) is 12.2. The molecule has 226 valence electrons. The molecule has 1 atom stereocenters. The van der Waals surface area contributed by atoms with Gasteiger partial charge in [-0.3, -0.25) is 13.9 Å². The van der Waals surface area contributed by atoms with Gasteiger partial charge >= 0.3 is 0 Å². The number of halogens is 2. The van der Waals surface area contributed by atoms with Crippen LogP contribution in [-0.4, -0.2) is 58.5 Å². The summed E-state index contributed by atoms with van der Waals surface area (Å²) in [7, 11) is -1.46. The molecule has 0 saturated carbocycles. The summed E-state index contributed by atoms with van der Waals surface area (Å²) in [5.74, 6) is -0.505. The molecule has 2 amide bonds. The van der Waals surface area contributed by atoms with Crippen LogP contribution in [0.1, 0.15) is 31.4 Å². The number of amides is 2. The minimum atomic E-state index is -4.31. The standard InChI is InChI=1S/C30H35Cl2N3O6S/c1-6-16-33-30(37)21(3)34(18-24-25(31)8-7-9-26(24)32)29(36)19-35(27-17-22(40-4)12-15-28(27)41-5)42(38,39)23-13-10-20(2)11-14-23/h7-15,17,21H,6,16,18-19H2,1-5H3,(H,33,37)/t21-/m1/s1. The summed E-state index contributed by atoms with van der Waals surface area (Å²) >= 11 is 12.9. The van der Waals surface area contributed by atoms with Crippen molar-refractivity contribution >= 4 is 50.7 Å². The number of carbonyl (C=O) groups excluding carboxylic acids is 2. The van der Waals surface area contributed by atoms with E-state index in [1.165, 1.54) is 37.3 Å². The van der Waals surface area contributed by atoms with Crippen molar-refractivity contribution in [3.63, 3.8) is 0 Å². The van der Waals surface area contributed by atoms with Crippen LogP contribution >= 0.6 is 23.2 Å². The highest BCUT2D eigenvalue weighted by atomic mass is 35.5. The highest BCUT2D eigenvalue weighted by Crippen LogP contribution is 2.36. The van der Waals surface area contributed by atoms with Gasteiger partial charge in [0.25, 0.3) is 10.0 Å². The topological polar surface area (TPSA) is 105 Å². The predicted octanol–water partition coefficient (Wildman–Crippen LogP) is 5.46. The number of hydrogen-bond donors (Lipinski definition) is 1. The van der Waals surface area contributed by atoms with E-state index in [2.05, 4.69) is 5.32 Å². The van der Waals surface area contributed by atoms with Gasteiger partial charge in [-0.05, 0) is 56.7 Å². The van der Waals surface area contributed by atoms with Crippen molar-refractivity contribution in [2.45, 2.75) is 44.7 Å². The molecule has 0 aliphatic carbocycles. The van der Waals surface area contributed by atoms with Gasteiger partial charge in [0.1, 0.15) is 24.1 Å². The quantitative estimate of drug-likeness (QED) is 0.267. The number of nitrogens with one attached hydrogen (secondary N) is 1. The van der Waals surface area contributed by atoms with Crippen LogP contribution in [0, 0.1) is 6.92 Å². The number of benzene rings is 3. The molecule has 9 nitrogen and oxygen atoms in total. The van der Waals surface area contributed by atoms with E-state index in [4.69, 9.17) is 32.7 Å². The summed E-state index contributed by atoms with van der Waals surface area (Å²) in [5, 5.41) is 3.41. The summed E-state index contributed by atoms with van der Waals surface area (Å²) in [6.45, 7) is 4.93. The Balaban J connectivity index is 2.15. The summed E-state index contributed by atoms with van der Waals surface area (Å²) in [6, 6.07) is 14.9. The Labute approximate surface area is 257 Å². The number of nitrogens with zero attached hydrogens (tertiary/aromatic N) is 2. The SMILES string of the molecule is CCCNC(=O)[C@@H](C)N(Cc1c(Cl)cccc1Cl)C(=O)CN(c1cc(OC)ccc1OC)S(=O)(=O)c1ccc(C)cc1. The Morgan fingerprint density at radius 3 is 2.19 bits per heavy atom. The molecule has 0 bridgehead atoms. The maximum atomic E-state index is 14.1. The largest absolute Gasteiger partial charge is 0.497 e. The fourth-order valence-electron chi connectivity index (χ4n) is 4.17. The molecule has 3 aromatic carbocycles. The van der Waals surface area contributed by atoms with Crippen LogP contribution in [0.15, 0.2) is 65.6 Å². The molecule has 0 spiro atoms. The highest BCUT2D eigenvalue weighted by molar-refractivity contribution is 7.92. The Hall–Kier alpha value is -3.47. The molecule has 42 heavy (non-hydrogen) atoms. The van der Waals surface area contributed by atoms with E-state index in [1.807, 2.05) is 13.8 Å². The number of hydrogen-bond acceptors (Lipinski definition) is 6. The lowest BCUT2D eigenvalue weighted by molar-refractivity contribution is -0.139. The summed E-state index contributed by atoms with van der Waals surface area (Å²) in [6.07, 6.45) is 0.695. The highest BCUT2D eigenvalue weighted by Gasteiger charge is 2.34. The molecule has 0 aliphatic rings. The van der Waals surface area contributed by atoms with Crippen LogP contribution in [-0.2, 0) is 26.2 Å². The lowest BCUT2D eigenvalue weighted by Crippen LogP contribution is -2.51. The van der Waals surface area contributed by atoms with Crippen molar-refractivity contribution < 1.29 is 27.5 Å². The molecule has 1 N–H and O–H groups in total. The van der Waals surface area contributed by atoms with E-state index in [-0.39, 0.29) is 22.9 Å². The lowest BCUT2D eigenvalue weighted by Gasteiger charge is -2.32. The predicted molar refractivity (Wildman–Crippen MR) is 165 cm³/mol.